The van der Waals surface area contributed by atoms with Crippen LogP contribution in [0.3, 0.4) is 0 Å². The quantitative estimate of drug-likeness (QED) is 0.623. The van der Waals surface area contributed by atoms with E-state index in [0.717, 1.165) is 12.8 Å². The average Bonchev–Trinajstić information content (AvgIpc) is 2.39. The van der Waals surface area contributed by atoms with Crippen molar-refractivity contribution in [2.45, 2.75) is 31.2 Å². The zero-order valence-electron chi connectivity index (χ0n) is 10.2. The number of Topliss-reactive ketones (excluding diaryl/α,β-unsaturated/α-hetero) is 1. The van der Waals surface area contributed by atoms with Crippen LogP contribution >= 0.6 is 11.6 Å². The predicted octanol–water partition coefficient (Wildman–Crippen LogP) is 3.29. The maximum absolute atomic E-state index is 12.4. The molecule has 1 aromatic carbocycles. The second-order valence-electron chi connectivity index (χ2n) is 4.58. The van der Waals surface area contributed by atoms with E-state index in [1.54, 1.807) is 25.2 Å². The molecule has 0 spiro atoms. The van der Waals surface area contributed by atoms with E-state index in [2.05, 4.69) is 5.29 Å². The van der Waals surface area contributed by atoms with Crippen molar-refractivity contribution in [1.29, 1.82) is 0 Å². The minimum Gasteiger partial charge on any atom is -0.297 e. The lowest BCUT2D eigenvalue weighted by Crippen LogP contribution is -2.49. The van der Waals surface area contributed by atoms with Crippen LogP contribution in [0.1, 0.15) is 31.2 Å². The first-order valence-corrected chi connectivity index (χ1v) is 6.36. The summed E-state index contributed by atoms with van der Waals surface area (Å²) in [5, 5.41) is 4.68. The molecule has 2 rings (SSSR count). The van der Waals surface area contributed by atoms with Gasteiger partial charge in [0.05, 0.1) is 5.29 Å². The standard InChI is InChI=1S/C13H15ClN2O2/c1-16(15-18)13(9-5-4-8-12(13)17)10-6-2-3-7-11(10)14/h2-3,6-7H,4-5,8-9H2,1H3. The molecule has 0 amide bonds. The molecule has 0 aromatic heterocycles. The number of halogens is 1. The topological polar surface area (TPSA) is 49.7 Å². The van der Waals surface area contributed by atoms with E-state index in [0.29, 0.717) is 23.4 Å². The van der Waals surface area contributed by atoms with Gasteiger partial charge in [-0.2, -0.15) is 0 Å². The van der Waals surface area contributed by atoms with E-state index in [1.165, 1.54) is 5.01 Å². The van der Waals surface area contributed by atoms with Crippen LogP contribution in [0.5, 0.6) is 0 Å². The largest absolute Gasteiger partial charge is 0.297 e. The molecule has 4 nitrogen and oxygen atoms in total. The summed E-state index contributed by atoms with van der Waals surface area (Å²) in [6.07, 6.45) is 2.79. The summed E-state index contributed by atoms with van der Waals surface area (Å²) >= 11 is 6.19. The fraction of sp³-hybridized carbons (Fsp3) is 0.462. The van der Waals surface area contributed by atoms with Crippen LogP contribution in [-0.4, -0.2) is 17.8 Å². The van der Waals surface area contributed by atoms with Gasteiger partial charge >= 0.3 is 0 Å². The Morgan fingerprint density at radius 2 is 2.06 bits per heavy atom. The van der Waals surface area contributed by atoms with Crippen molar-refractivity contribution in [3.05, 3.63) is 39.8 Å². The molecule has 0 radical (unpaired) electrons. The van der Waals surface area contributed by atoms with Crippen molar-refractivity contribution in [3.8, 4) is 0 Å². The highest BCUT2D eigenvalue weighted by molar-refractivity contribution is 6.31. The van der Waals surface area contributed by atoms with Gasteiger partial charge in [0.25, 0.3) is 0 Å². The lowest BCUT2D eigenvalue weighted by Gasteiger charge is -2.40. The average molecular weight is 267 g/mol. The van der Waals surface area contributed by atoms with Gasteiger partial charge in [0.2, 0.25) is 0 Å². The summed E-state index contributed by atoms with van der Waals surface area (Å²) < 4.78 is 0. The van der Waals surface area contributed by atoms with E-state index in [9.17, 15) is 9.70 Å². The number of nitroso groups, excluding NO2 is 1. The highest BCUT2D eigenvalue weighted by Gasteiger charge is 2.46. The van der Waals surface area contributed by atoms with Crippen molar-refractivity contribution in [2.24, 2.45) is 5.29 Å². The lowest BCUT2D eigenvalue weighted by molar-refractivity contribution is -0.134. The van der Waals surface area contributed by atoms with Crippen molar-refractivity contribution in [2.75, 3.05) is 7.05 Å². The minimum atomic E-state index is -0.988. The van der Waals surface area contributed by atoms with E-state index in [-0.39, 0.29) is 5.78 Å². The van der Waals surface area contributed by atoms with E-state index < -0.39 is 5.54 Å². The van der Waals surface area contributed by atoms with Crippen LogP contribution in [-0.2, 0) is 10.3 Å². The van der Waals surface area contributed by atoms with Crippen molar-refractivity contribution in [3.63, 3.8) is 0 Å². The Bertz CT molecular complexity index is 478. The fourth-order valence-electron chi connectivity index (χ4n) is 2.68. The van der Waals surface area contributed by atoms with Crippen molar-refractivity contribution >= 4 is 17.4 Å². The van der Waals surface area contributed by atoms with Crippen LogP contribution in [0.15, 0.2) is 29.6 Å². The highest BCUT2D eigenvalue weighted by Crippen LogP contribution is 2.42. The number of likely N-dealkylation sites (N-methyl/N-ethyl adjacent to an activating group) is 1. The number of hydrogen-bond acceptors (Lipinski definition) is 3. The third-order valence-corrected chi connectivity index (χ3v) is 3.98. The van der Waals surface area contributed by atoms with Crippen molar-refractivity contribution in [1.82, 2.24) is 5.01 Å². The van der Waals surface area contributed by atoms with Gasteiger partial charge in [0.15, 0.2) is 5.78 Å². The van der Waals surface area contributed by atoms with Crippen molar-refractivity contribution < 1.29 is 4.79 Å². The molecule has 1 aromatic rings. The Hall–Kier alpha value is -1.42. The fourth-order valence-corrected chi connectivity index (χ4v) is 2.97. The third kappa shape index (κ3) is 1.90. The molecular formula is C13H15ClN2O2. The van der Waals surface area contributed by atoms with Gasteiger partial charge in [-0.25, -0.2) is 5.01 Å². The monoisotopic (exact) mass is 266 g/mol. The van der Waals surface area contributed by atoms with Crippen LogP contribution in [0.25, 0.3) is 0 Å². The van der Waals surface area contributed by atoms with Gasteiger partial charge in [0, 0.05) is 24.1 Å². The van der Waals surface area contributed by atoms with Gasteiger partial charge in [-0.1, -0.05) is 29.8 Å². The maximum atomic E-state index is 12.4. The molecule has 1 atom stereocenters. The van der Waals surface area contributed by atoms with Gasteiger partial charge in [0.1, 0.15) is 5.54 Å². The number of hydrogen-bond donors (Lipinski definition) is 0. The van der Waals surface area contributed by atoms with Crippen LogP contribution in [0.4, 0.5) is 0 Å². The second kappa shape index (κ2) is 5.06. The smallest absolute Gasteiger partial charge is 0.164 e. The molecule has 0 bridgehead atoms. The van der Waals surface area contributed by atoms with E-state index in [1.807, 2.05) is 6.07 Å². The Balaban J connectivity index is 2.58. The molecule has 0 N–H and O–H groups in total. The molecule has 1 aliphatic rings. The van der Waals surface area contributed by atoms with Gasteiger partial charge in [-0.15, -0.1) is 4.91 Å². The Labute approximate surface area is 111 Å². The molecule has 18 heavy (non-hydrogen) atoms. The van der Waals surface area contributed by atoms with Gasteiger partial charge < -0.3 is 0 Å². The number of nitrogens with zero attached hydrogens (tertiary/aromatic N) is 2. The number of carbonyl (C=O) groups excluding carboxylic acids is 1. The molecular weight excluding hydrogens is 252 g/mol. The first-order valence-electron chi connectivity index (χ1n) is 5.98. The molecule has 0 saturated heterocycles. The summed E-state index contributed by atoms with van der Waals surface area (Å²) in [7, 11) is 1.54. The van der Waals surface area contributed by atoms with Gasteiger partial charge in [-0.3, -0.25) is 4.79 Å². The zero-order chi connectivity index (χ0) is 13.2. The number of ketones is 1. The molecule has 5 heteroatoms. The molecule has 96 valence electrons. The summed E-state index contributed by atoms with van der Waals surface area (Å²) in [4.78, 5) is 23.3. The summed E-state index contributed by atoms with van der Waals surface area (Å²) in [6.45, 7) is 0. The summed E-state index contributed by atoms with van der Waals surface area (Å²) in [6, 6.07) is 7.16. The van der Waals surface area contributed by atoms with Crippen LogP contribution in [0.2, 0.25) is 5.02 Å². The number of carbonyl (C=O) groups is 1. The summed E-state index contributed by atoms with van der Waals surface area (Å²) in [5.41, 5.74) is -0.309. The maximum Gasteiger partial charge on any atom is 0.164 e. The molecule has 1 fully saturated rings. The van der Waals surface area contributed by atoms with E-state index in [4.69, 9.17) is 11.6 Å². The van der Waals surface area contributed by atoms with Crippen LogP contribution in [0, 0.1) is 4.91 Å². The molecule has 1 saturated carbocycles. The minimum absolute atomic E-state index is 0.0175. The van der Waals surface area contributed by atoms with Gasteiger partial charge in [-0.05, 0) is 25.3 Å². The zero-order valence-corrected chi connectivity index (χ0v) is 11.0. The molecule has 0 aliphatic heterocycles. The predicted molar refractivity (Wildman–Crippen MR) is 70.2 cm³/mol. The Morgan fingerprint density at radius 3 is 2.67 bits per heavy atom. The molecule has 1 aliphatic carbocycles. The highest BCUT2D eigenvalue weighted by atomic mass is 35.5. The first kappa shape index (κ1) is 13.0. The third-order valence-electron chi connectivity index (χ3n) is 3.65. The van der Waals surface area contributed by atoms with Crippen LogP contribution < -0.4 is 0 Å². The van der Waals surface area contributed by atoms with E-state index >= 15 is 0 Å². The Kier molecular flexibility index (Phi) is 3.66. The lowest BCUT2D eigenvalue weighted by atomic mass is 9.75. The molecule has 0 heterocycles. The normalized spacial score (nSPS) is 23.8. The Morgan fingerprint density at radius 1 is 1.33 bits per heavy atom. The first-order chi connectivity index (χ1) is 8.63. The second-order valence-corrected chi connectivity index (χ2v) is 4.98. The number of benzene rings is 1. The summed E-state index contributed by atoms with van der Waals surface area (Å²) in [5.74, 6) is 0.0175. The number of rotatable bonds is 3. The SMILES string of the molecule is CN(N=O)C1(c2ccccc2Cl)CCCCC1=O. The molecule has 1 unspecified atom stereocenters.